The third kappa shape index (κ3) is 2.59. The van der Waals surface area contributed by atoms with Gasteiger partial charge in [-0.15, -0.1) is 10.2 Å². The summed E-state index contributed by atoms with van der Waals surface area (Å²) in [5.41, 5.74) is 0.765. The molecule has 0 saturated carbocycles. The second kappa shape index (κ2) is 5.21. The van der Waals surface area contributed by atoms with Crippen LogP contribution in [0.2, 0.25) is 0 Å². The molecule has 1 aromatic carbocycles. The van der Waals surface area contributed by atoms with Crippen molar-refractivity contribution in [1.29, 1.82) is 5.26 Å². The summed E-state index contributed by atoms with van der Waals surface area (Å²) in [4.78, 5) is 11.4. The molecule has 0 unspecified atom stereocenters. The summed E-state index contributed by atoms with van der Waals surface area (Å²) in [6.07, 6.45) is 0. The van der Waals surface area contributed by atoms with E-state index in [-0.39, 0.29) is 5.57 Å². The molecule has 2 rings (SSSR count). The predicted octanol–water partition coefficient (Wildman–Crippen LogP) is 2.22. The fraction of sp³-hybridized carbons (Fsp3) is 0. The number of nitrogens with one attached hydrogen (secondary N) is 1. The molecule has 0 fully saturated rings. The first-order valence-electron chi connectivity index (χ1n) is 5.00. The zero-order valence-electron chi connectivity index (χ0n) is 9.25. The molecule has 18 heavy (non-hydrogen) atoms. The lowest BCUT2D eigenvalue weighted by Crippen LogP contribution is -2.12. The predicted molar refractivity (Wildman–Crippen MR) is 68.7 cm³/mol. The van der Waals surface area contributed by atoms with Crippen LogP contribution in [0.1, 0.15) is 0 Å². The first-order chi connectivity index (χ1) is 8.70. The topological polar surface area (TPSA) is 78.7 Å². The van der Waals surface area contributed by atoms with Gasteiger partial charge in [-0.25, -0.2) is 0 Å². The van der Waals surface area contributed by atoms with Crippen molar-refractivity contribution in [3.05, 3.63) is 42.5 Å². The van der Waals surface area contributed by atoms with Crippen LogP contribution in [0.3, 0.4) is 0 Å². The van der Waals surface area contributed by atoms with Crippen molar-refractivity contribution in [1.82, 2.24) is 10.2 Å². The SMILES string of the molecule is C=C(C#N)C(=O)Nc1nnc(-c2ccccc2)s1. The highest BCUT2D eigenvalue weighted by Crippen LogP contribution is 2.25. The van der Waals surface area contributed by atoms with Crippen LogP contribution in [0.4, 0.5) is 5.13 Å². The first-order valence-corrected chi connectivity index (χ1v) is 5.81. The van der Waals surface area contributed by atoms with Gasteiger partial charge in [0.2, 0.25) is 5.13 Å². The molecule has 0 radical (unpaired) electrons. The number of nitrogens with zero attached hydrogens (tertiary/aromatic N) is 3. The van der Waals surface area contributed by atoms with Crippen molar-refractivity contribution in [2.24, 2.45) is 0 Å². The fourth-order valence-electron chi connectivity index (χ4n) is 1.19. The van der Waals surface area contributed by atoms with E-state index < -0.39 is 5.91 Å². The molecule has 0 aliphatic rings. The summed E-state index contributed by atoms with van der Waals surface area (Å²) < 4.78 is 0. The minimum absolute atomic E-state index is 0.161. The molecule has 1 aromatic heterocycles. The van der Waals surface area contributed by atoms with Crippen molar-refractivity contribution in [3.63, 3.8) is 0 Å². The first kappa shape index (κ1) is 12.0. The van der Waals surface area contributed by atoms with Gasteiger partial charge in [0.15, 0.2) is 0 Å². The van der Waals surface area contributed by atoms with Crippen LogP contribution in [0, 0.1) is 11.3 Å². The van der Waals surface area contributed by atoms with Gasteiger partial charge in [0.05, 0.1) is 0 Å². The third-order valence-electron chi connectivity index (χ3n) is 2.08. The highest BCUT2D eigenvalue weighted by atomic mass is 32.1. The number of benzene rings is 1. The van der Waals surface area contributed by atoms with E-state index in [1.54, 1.807) is 6.07 Å². The van der Waals surface area contributed by atoms with Gasteiger partial charge in [-0.2, -0.15) is 5.26 Å². The van der Waals surface area contributed by atoms with E-state index in [1.807, 2.05) is 30.3 Å². The Balaban J connectivity index is 2.15. The van der Waals surface area contributed by atoms with E-state index in [1.165, 1.54) is 11.3 Å². The number of carbonyl (C=O) groups is 1. The van der Waals surface area contributed by atoms with Gasteiger partial charge in [0.1, 0.15) is 16.6 Å². The number of anilines is 1. The Hall–Kier alpha value is -2.52. The maximum absolute atomic E-state index is 11.4. The van der Waals surface area contributed by atoms with Crippen LogP contribution in [0.25, 0.3) is 10.6 Å². The van der Waals surface area contributed by atoms with Gasteiger partial charge in [0.25, 0.3) is 5.91 Å². The average molecular weight is 256 g/mol. The van der Waals surface area contributed by atoms with E-state index in [2.05, 4.69) is 22.1 Å². The summed E-state index contributed by atoms with van der Waals surface area (Å²) in [5.74, 6) is -0.562. The quantitative estimate of drug-likeness (QED) is 0.674. The Morgan fingerprint density at radius 2 is 2.06 bits per heavy atom. The van der Waals surface area contributed by atoms with Crippen LogP contribution >= 0.6 is 11.3 Å². The molecule has 0 bridgehead atoms. The van der Waals surface area contributed by atoms with Crippen LogP contribution < -0.4 is 5.32 Å². The van der Waals surface area contributed by atoms with Crippen LogP contribution in [-0.2, 0) is 4.79 Å². The molecule has 5 nitrogen and oxygen atoms in total. The lowest BCUT2D eigenvalue weighted by atomic mass is 10.2. The minimum Gasteiger partial charge on any atom is -0.296 e. The summed E-state index contributed by atoms with van der Waals surface area (Å²) >= 11 is 1.24. The standard InChI is InChI=1S/C12H8N4OS/c1-8(7-13)10(17)14-12-16-15-11(18-12)9-5-3-2-4-6-9/h2-6H,1H2,(H,14,16,17). The average Bonchev–Trinajstić information content (AvgIpc) is 2.87. The number of hydrogen-bond acceptors (Lipinski definition) is 5. The normalized spacial score (nSPS) is 9.50. The molecule has 2 aromatic rings. The van der Waals surface area contributed by atoms with Crippen molar-refractivity contribution in [3.8, 4) is 16.6 Å². The molecule has 6 heteroatoms. The van der Waals surface area contributed by atoms with E-state index in [4.69, 9.17) is 5.26 Å². The molecule has 88 valence electrons. The van der Waals surface area contributed by atoms with Crippen molar-refractivity contribution in [2.45, 2.75) is 0 Å². The Bertz CT molecular complexity index is 627. The fourth-order valence-corrected chi connectivity index (χ4v) is 1.94. The van der Waals surface area contributed by atoms with E-state index in [0.717, 1.165) is 5.56 Å². The largest absolute Gasteiger partial charge is 0.296 e. The van der Waals surface area contributed by atoms with Crippen molar-refractivity contribution < 1.29 is 4.79 Å². The van der Waals surface area contributed by atoms with Crippen molar-refractivity contribution >= 4 is 22.4 Å². The zero-order chi connectivity index (χ0) is 13.0. The Kier molecular flexibility index (Phi) is 3.46. The number of hydrogen-bond donors (Lipinski definition) is 1. The second-order valence-corrected chi connectivity index (χ2v) is 4.30. The maximum Gasteiger partial charge on any atom is 0.267 e. The summed E-state index contributed by atoms with van der Waals surface area (Å²) in [6, 6.07) is 11.2. The van der Waals surface area contributed by atoms with Gasteiger partial charge in [-0.05, 0) is 0 Å². The summed E-state index contributed by atoms with van der Waals surface area (Å²) in [5, 5.41) is 19.8. The minimum atomic E-state index is -0.562. The Morgan fingerprint density at radius 1 is 1.33 bits per heavy atom. The molecular weight excluding hydrogens is 248 g/mol. The monoisotopic (exact) mass is 256 g/mol. The zero-order valence-corrected chi connectivity index (χ0v) is 10.1. The van der Waals surface area contributed by atoms with Crippen LogP contribution in [-0.4, -0.2) is 16.1 Å². The van der Waals surface area contributed by atoms with Crippen LogP contribution in [0.5, 0.6) is 0 Å². The van der Waals surface area contributed by atoms with Gasteiger partial charge >= 0.3 is 0 Å². The Labute approximate surface area is 107 Å². The number of amides is 1. The molecule has 0 aliphatic carbocycles. The van der Waals surface area contributed by atoms with Gasteiger partial charge in [-0.1, -0.05) is 48.2 Å². The summed E-state index contributed by atoms with van der Waals surface area (Å²) in [7, 11) is 0. The van der Waals surface area contributed by atoms with E-state index in [9.17, 15) is 4.79 Å². The highest BCUT2D eigenvalue weighted by Gasteiger charge is 2.11. The molecule has 0 saturated heterocycles. The highest BCUT2D eigenvalue weighted by molar-refractivity contribution is 7.18. The maximum atomic E-state index is 11.4. The number of rotatable bonds is 3. The number of carbonyl (C=O) groups excluding carboxylic acids is 1. The molecule has 1 heterocycles. The molecular formula is C12H8N4OS. The summed E-state index contributed by atoms with van der Waals surface area (Å²) in [6.45, 7) is 3.32. The molecule has 1 N–H and O–H groups in total. The van der Waals surface area contributed by atoms with Gasteiger partial charge in [-0.3, -0.25) is 10.1 Å². The third-order valence-corrected chi connectivity index (χ3v) is 2.96. The smallest absolute Gasteiger partial charge is 0.267 e. The second-order valence-electron chi connectivity index (χ2n) is 3.32. The van der Waals surface area contributed by atoms with E-state index >= 15 is 0 Å². The number of nitriles is 1. The van der Waals surface area contributed by atoms with Gasteiger partial charge < -0.3 is 0 Å². The Morgan fingerprint density at radius 3 is 2.72 bits per heavy atom. The lowest BCUT2D eigenvalue weighted by molar-refractivity contribution is -0.112. The van der Waals surface area contributed by atoms with Crippen molar-refractivity contribution in [2.75, 3.05) is 5.32 Å². The molecule has 0 atom stereocenters. The van der Waals surface area contributed by atoms with Gasteiger partial charge in [0, 0.05) is 5.56 Å². The lowest BCUT2D eigenvalue weighted by Gasteiger charge is -1.96. The molecule has 0 aliphatic heterocycles. The number of aromatic nitrogens is 2. The van der Waals surface area contributed by atoms with Crippen LogP contribution in [0.15, 0.2) is 42.5 Å². The molecule has 0 spiro atoms. The molecule has 1 amide bonds. The van der Waals surface area contributed by atoms with E-state index in [0.29, 0.717) is 10.1 Å².